The zero-order valence-electron chi connectivity index (χ0n) is 12.8. The molecule has 1 heterocycles. The van der Waals surface area contributed by atoms with Crippen molar-refractivity contribution >= 4 is 27.3 Å². The average molecular weight is 358 g/mol. The first-order valence-corrected chi connectivity index (χ1v) is 9.78. The average Bonchev–Trinajstić information content (AvgIpc) is 2.84. The Balaban J connectivity index is 1.96. The molecule has 0 saturated heterocycles. The van der Waals surface area contributed by atoms with Gasteiger partial charge in [0.2, 0.25) is 0 Å². The van der Waals surface area contributed by atoms with Crippen molar-refractivity contribution in [2.45, 2.75) is 52.4 Å². The second-order valence-electron chi connectivity index (χ2n) is 6.21. The molecule has 0 aliphatic heterocycles. The van der Waals surface area contributed by atoms with E-state index in [1.807, 2.05) is 11.3 Å². The van der Waals surface area contributed by atoms with Gasteiger partial charge < -0.3 is 5.32 Å². The van der Waals surface area contributed by atoms with Crippen LogP contribution in [0, 0.1) is 17.8 Å². The van der Waals surface area contributed by atoms with E-state index in [4.69, 9.17) is 0 Å². The molecule has 0 aromatic carbocycles. The first-order valence-electron chi connectivity index (χ1n) is 8.17. The van der Waals surface area contributed by atoms with Crippen molar-refractivity contribution in [3.8, 4) is 0 Å². The van der Waals surface area contributed by atoms with Crippen LogP contribution < -0.4 is 5.32 Å². The third-order valence-corrected chi connectivity index (χ3v) is 6.34. The van der Waals surface area contributed by atoms with Gasteiger partial charge in [0.05, 0.1) is 3.79 Å². The van der Waals surface area contributed by atoms with Crippen molar-refractivity contribution in [3.63, 3.8) is 0 Å². The molecule has 0 bridgehead atoms. The van der Waals surface area contributed by atoms with E-state index < -0.39 is 0 Å². The summed E-state index contributed by atoms with van der Waals surface area (Å²) in [5.41, 5.74) is 0. The van der Waals surface area contributed by atoms with Crippen LogP contribution in [0.4, 0.5) is 0 Å². The van der Waals surface area contributed by atoms with Gasteiger partial charge in [-0.05, 0) is 78.2 Å². The van der Waals surface area contributed by atoms with E-state index in [-0.39, 0.29) is 0 Å². The Kier molecular flexibility index (Phi) is 7.06. The smallest absolute Gasteiger partial charge is 0.0701 e. The minimum atomic E-state index is 0.879. The van der Waals surface area contributed by atoms with Crippen LogP contribution in [0.2, 0.25) is 0 Å². The zero-order chi connectivity index (χ0) is 14.4. The molecule has 1 aliphatic carbocycles. The van der Waals surface area contributed by atoms with Crippen LogP contribution in [0.5, 0.6) is 0 Å². The molecule has 2 rings (SSSR count). The summed E-state index contributed by atoms with van der Waals surface area (Å²) < 4.78 is 1.27. The predicted molar refractivity (Wildman–Crippen MR) is 93.5 cm³/mol. The van der Waals surface area contributed by atoms with Crippen LogP contribution in [-0.2, 0) is 6.42 Å². The monoisotopic (exact) mass is 357 g/mol. The highest BCUT2D eigenvalue weighted by Crippen LogP contribution is 2.39. The van der Waals surface area contributed by atoms with E-state index in [0.29, 0.717) is 0 Å². The molecule has 3 heteroatoms. The summed E-state index contributed by atoms with van der Waals surface area (Å²) >= 11 is 5.52. The van der Waals surface area contributed by atoms with Gasteiger partial charge in [0, 0.05) is 4.88 Å². The molecule has 20 heavy (non-hydrogen) atoms. The molecule has 1 saturated carbocycles. The highest BCUT2D eigenvalue weighted by molar-refractivity contribution is 9.11. The van der Waals surface area contributed by atoms with E-state index in [2.05, 4.69) is 47.2 Å². The molecule has 3 atom stereocenters. The van der Waals surface area contributed by atoms with Crippen molar-refractivity contribution in [1.29, 1.82) is 0 Å². The largest absolute Gasteiger partial charge is 0.317 e. The molecule has 0 amide bonds. The number of thiophene rings is 1. The van der Waals surface area contributed by atoms with Gasteiger partial charge in [-0.25, -0.2) is 0 Å². The maximum absolute atomic E-state index is 3.60. The van der Waals surface area contributed by atoms with Crippen LogP contribution in [0.25, 0.3) is 0 Å². The molecule has 1 nitrogen and oxygen atoms in total. The Hall–Kier alpha value is 0.140. The second kappa shape index (κ2) is 8.55. The van der Waals surface area contributed by atoms with E-state index in [1.165, 1.54) is 48.9 Å². The fourth-order valence-electron chi connectivity index (χ4n) is 3.66. The molecule has 1 N–H and O–H groups in total. The Bertz CT molecular complexity index is 390. The predicted octanol–water partition coefficient (Wildman–Crippen LogP) is 5.50. The summed E-state index contributed by atoms with van der Waals surface area (Å²) in [6, 6.07) is 4.51. The maximum atomic E-state index is 3.60. The lowest BCUT2D eigenvalue weighted by Crippen LogP contribution is -2.34. The minimum Gasteiger partial charge on any atom is -0.317 e. The van der Waals surface area contributed by atoms with Gasteiger partial charge in [-0.1, -0.05) is 33.1 Å². The minimum absolute atomic E-state index is 0.879. The molecule has 114 valence electrons. The quantitative estimate of drug-likeness (QED) is 0.679. The van der Waals surface area contributed by atoms with Crippen LogP contribution in [-0.4, -0.2) is 13.1 Å². The molecule has 1 aliphatic rings. The van der Waals surface area contributed by atoms with Crippen molar-refractivity contribution in [2.24, 2.45) is 17.8 Å². The molecule has 3 unspecified atom stereocenters. The summed E-state index contributed by atoms with van der Waals surface area (Å²) in [5.74, 6) is 2.74. The van der Waals surface area contributed by atoms with E-state index in [1.54, 1.807) is 4.88 Å². The Morgan fingerprint density at radius 2 is 2.10 bits per heavy atom. The van der Waals surface area contributed by atoms with Crippen LogP contribution >= 0.6 is 27.3 Å². The summed E-state index contributed by atoms with van der Waals surface area (Å²) in [7, 11) is 0. The van der Waals surface area contributed by atoms with Gasteiger partial charge in [-0.2, -0.15) is 0 Å². The van der Waals surface area contributed by atoms with Gasteiger partial charge in [0.1, 0.15) is 0 Å². The Morgan fingerprint density at radius 1 is 1.25 bits per heavy atom. The number of rotatable bonds is 7. The van der Waals surface area contributed by atoms with E-state index >= 15 is 0 Å². The lowest BCUT2D eigenvalue weighted by molar-refractivity contribution is 0.169. The maximum Gasteiger partial charge on any atom is 0.0701 e. The lowest BCUT2D eigenvalue weighted by atomic mass is 9.71. The highest BCUT2D eigenvalue weighted by atomic mass is 79.9. The second-order valence-corrected chi connectivity index (χ2v) is 8.75. The highest BCUT2D eigenvalue weighted by Gasteiger charge is 2.30. The van der Waals surface area contributed by atoms with Crippen molar-refractivity contribution in [3.05, 3.63) is 20.8 Å². The lowest BCUT2D eigenvalue weighted by Gasteiger charge is -2.36. The Labute approximate surface area is 136 Å². The third-order valence-electron chi connectivity index (χ3n) is 4.69. The SMILES string of the molecule is CCCC1CCC(CNCC)C(Cc2ccc(Br)s2)C1. The van der Waals surface area contributed by atoms with Gasteiger partial charge in [-0.3, -0.25) is 0 Å². The normalized spacial score (nSPS) is 26.9. The number of nitrogens with one attached hydrogen (secondary N) is 1. The molecular weight excluding hydrogens is 330 g/mol. The molecule has 1 fully saturated rings. The van der Waals surface area contributed by atoms with Gasteiger partial charge in [-0.15, -0.1) is 11.3 Å². The van der Waals surface area contributed by atoms with Crippen LogP contribution in [0.15, 0.2) is 15.9 Å². The van der Waals surface area contributed by atoms with Gasteiger partial charge in [0.15, 0.2) is 0 Å². The molecule has 0 spiro atoms. The van der Waals surface area contributed by atoms with E-state index in [9.17, 15) is 0 Å². The number of halogens is 1. The fourth-order valence-corrected chi connectivity index (χ4v) is 5.24. The zero-order valence-corrected chi connectivity index (χ0v) is 15.2. The molecule has 0 radical (unpaired) electrons. The van der Waals surface area contributed by atoms with Crippen LogP contribution in [0.1, 0.15) is 50.8 Å². The summed E-state index contributed by atoms with van der Waals surface area (Å²) in [4.78, 5) is 1.56. The topological polar surface area (TPSA) is 12.0 Å². The van der Waals surface area contributed by atoms with Gasteiger partial charge >= 0.3 is 0 Å². The fraction of sp³-hybridized carbons (Fsp3) is 0.765. The van der Waals surface area contributed by atoms with Gasteiger partial charge in [0.25, 0.3) is 0 Å². The molecule has 1 aromatic heterocycles. The molecular formula is C17H28BrNS. The Morgan fingerprint density at radius 3 is 2.75 bits per heavy atom. The number of hydrogen-bond donors (Lipinski definition) is 1. The molecule has 1 aromatic rings. The summed E-state index contributed by atoms with van der Waals surface area (Å²) in [5, 5.41) is 3.58. The van der Waals surface area contributed by atoms with Crippen molar-refractivity contribution in [2.75, 3.05) is 13.1 Å². The summed E-state index contributed by atoms with van der Waals surface area (Å²) in [6.07, 6.45) is 8.38. The first kappa shape index (κ1) is 16.5. The number of hydrogen-bond acceptors (Lipinski definition) is 2. The van der Waals surface area contributed by atoms with E-state index in [0.717, 1.165) is 24.3 Å². The summed E-state index contributed by atoms with van der Waals surface area (Å²) in [6.45, 7) is 6.86. The first-order chi connectivity index (χ1) is 9.72. The van der Waals surface area contributed by atoms with Crippen molar-refractivity contribution in [1.82, 2.24) is 5.32 Å². The van der Waals surface area contributed by atoms with Crippen molar-refractivity contribution < 1.29 is 0 Å². The van der Waals surface area contributed by atoms with Crippen LogP contribution in [0.3, 0.4) is 0 Å². The third kappa shape index (κ3) is 4.85. The standard InChI is InChI=1S/C17H28BrNS/c1-3-5-13-6-7-14(12-19-4-2)15(10-13)11-16-8-9-17(18)20-16/h8-9,13-15,19H,3-7,10-12H2,1-2H3.